The Balaban J connectivity index is 3.58. The van der Waals surface area contributed by atoms with Crippen molar-refractivity contribution in [3.05, 3.63) is 0 Å². The minimum atomic E-state index is -0.371. The van der Waals surface area contributed by atoms with Crippen molar-refractivity contribution in [3.63, 3.8) is 0 Å². The Hall–Kier alpha value is -1.08. The van der Waals surface area contributed by atoms with Crippen LogP contribution in [-0.2, 0) is 4.79 Å². The molecular weight excluding hydrogens is 190 g/mol. The van der Waals surface area contributed by atoms with Gasteiger partial charge in [0.1, 0.15) is 0 Å². The van der Waals surface area contributed by atoms with Gasteiger partial charge in [-0.15, -0.1) is 0 Å². The molecule has 0 fully saturated rings. The van der Waals surface area contributed by atoms with Crippen LogP contribution >= 0.6 is 0 Å². The van der Waals surface area contributed by atoms with Gasteiger partial charge in [-0.05, 0) is 33.2 Å². The molecule has 0 aliphatic rings. The van der Waals surface area contributed by atoms with E-state index >= 15 is 0 Å². The van der Waals surface area contributed by atoms with Crippen molar-refractivity contribution >= 4 is 5.91 Å². The van der Waals surface area contributed by atoms with Crippen molar-refractivity contribution in [2.75, 3.05) is 20.1 Å². The fourth-order valence-corrected chi connectivity index (χ4v) is 1.27. The van der Waals surface area contributed by atoms with Crippen molar-refractivity contribution in [1.82, 2.24) is 10.6 Å². The maximum Gasteiger partial charge on any atom is 0.226 e. The minimum Gasteiger partial charge on any atom is -0.359 e. The minimum absolute atomic E-state index is 0.0482. The molecule has 0 aromatic carbocycles. The molecule has 0 rings (SSSR count). The van der Waals surface area contributed by atoms with Crippen molar-refractivity contribution in [3.8, 4) is 6.07 Å². The molecule has 0 spiro atoms. The summed E-state index contributed by atoms with van der Waals surface area (Å²) in [5, 5.41) is 14.2. The van der Waals surface area contributed by atoms with E-state index in [2.05, 4.69) is 16.7 Å². The number of amides is 1. The highest BCUT2D eigenvalue weighted by Crippen LogP contribution is 2.12. The summed E-state index contributed by atoms with van der Waals surface area (Å²) in [4.78, 5) is 11.4. The molecule has 0 atom stereocenters. The van der Waals surface area contributed by atoms with Gasteiger partial charge >= 0.3 is 0 Å². The third kappa shape index (κ3) is 6.08. The van der Waals surface area contributed by atoms with Gasteiger partial charge < -0.3 is 10.6 Å². The first-order valence-corrected chi connectivity index (χ1v) is 5.34. The van der Waals surface area contributed by atoms with E-state index in [9.17, 15) is 4.79 Å². The molecule has 0 aliphatic heterocycles. The van der Waals surface area contributed by atoms with Gasteiger partial charge in [0.2, 0.25) is 5.91 Å². The summed E-state index contributed by atoms with van der Waals surface area (Å²) in [5.74, 6) is 0.0482. The number of rotatable bonds is 7. The average Bonchev–Trinajstić information content (AvgIpc) is 2.22. The number of hydrogen-bond donors (Lipinski definition) is 2. The molecule has 0 saturated carbocycles. The van der Waals surface area contributed by atoms with Gasteiger partial charge in [-0.25, -0.2) is 0 Å². The Morgan fingerprint density at radius 3 is 2.60 bits per heavy atom. The molecule has 2 N–H and O–H groups in total. The van der Waals surface area contributed by atoms with E-state index < -0.39 is 0 Å². The maximum atomic E-state index is 11.4. The third-order valence-electron chi connectivity index (χ3n) is 2.30. The first-order chi connectivity index (χ1) is 7.04. The van der Waals surface area contributed by atoms with Crippen LogP contribution in [0.2, 0.25) is 0 Å². The molecule has 0 unspecified atom stereocenters. The molecule has 0 aromatic rings. The van der Waals surface area contributed by atoms with E-state index in [4.69, 9.17) is 5.26 Å². The van der Waals surface area contributed by atoms with Crippen molar-refractivity contribution < 1.29 is 4.79 Å². The van der Waals surface area contributed by atoms with Crippen molar-refractivity contribution in [2.24, 2.45) is 5.41 Å². The molecule has 0 heterocycles. The number of hydrogen-bond acceptors (Lipinski definition) is 3. The average molecular weight is 211 g/mol. The molecule has 0 radical (unpaired) electrons. The largest absolute Gasteiger partial charge is 0.359 e. The molecule has 0 aliphatic carbocycles. The summed E-state index contributed by atoms with van der Waals surface area (Å²) >= 11 is 0. The summed E-state index contributed by atoms with van der Waals surface area (Å²) < 4.78 is 0. The molecule has 1 amide bonds. The third-order valence-corrected chi connectivity index (χ3v) is 2.30. The Labute approximate surface area is 92.0 Å². The van der Waals surface area contributed by atoms with Gasteiger partial charge in [0.05, 0.1) is 11.5 Å². The van der Waals surface area contributed by atoms with Crippen LogP contribution in [0.1, 0.15) is 33.1 Å². The standard InChI is InChI=1S/C11H21N3O/c1-11(2,10(15)13-3)9-14-8-6-4-5-7-12/h14H,4-6,8-9H2,1-3H3,(H,13,15). The van der Waals surface area contributed by atoms with Gasteiger partial charge in [-0.3, -0.25) is 4.79 Å². The van der Waals surface area contributed by atoms with E-state index in [0.29, 0.717) is 13.0 Å². The van der Waals surface area contributed by atoms with E-state index in [0.717, 1.165) is 19.4 Å². The molecule has 0 saturated heterocycles. The predicted molar refractivity (Wildman–Crippen MR) is 60.2 cm³/mol. The van der Waals surface area contributed by atoms with Crippen LogP contribution in [0.15, 0.2) is 0 Å². The number of nitrogens with one attached hydrogen (secondary N) is 2. The van der Waals surface area contributed by atoms with Crippen LogP contribution in [0, 0.1) is 16.7 Å². The zero-order valence-electron chi connectivity index (χ0n) is 9.89. The molecular formula is C11H21N3O. The van der Waals surface area contributed by atoms with Crippen LogP contribution in [0.25, 0.3) is 0 Å². The highest BCUT2D eigenvalue weighted by atomic mass is 16.2. The lowest BCUT2D eigenvalue weighted by molar-refractivity contribution is -0.128. The first-order valence-electron chi connectivity index (χ1n) is 5.34. The Morgan fingerprint density at radius 1 is 1.40 bits per heavy atom. The van der Waals surface area contributed by atoms with E-state index in [1.54, 1.807) is 7.05 Å². The molecule has 0 bridgehead atoms. The number of nitriles is 1. The lowest BCUT2D eigenvalue weighted by Gasteiger charge is -2.22. The zero-order valence-corrected chi connectivity index (χ0v) is 9.89. The number of unbranched alkanes of at least 4 members (excludes halogenated alkanes) is 2. The summed E-state index contributed by atoms with van der Waals surface area (Å²) in [5.41, 5.74) is -0.371. The van der Waals surface area contributed by atoms with E-state index in [-0.39, 0.29) is 11.3 Å². The fraction of sp³-hybridized carbons (Fsp3) is 0.818. The second-order valence-corrected chi connectivity index (χ2v) is 4.26. The van der Waals surface area contributed by atoms with Crippen molar-refractivity contribution in [2.45, 2.75) is 33.1 Å². The first kappa shape index (κ1) is 13.9. The monoisotopic (exact) mass is 211 g/mol. The van der Waals surface area contributed by atoms with Gasteiger partial charge in [-0.1, -0.05) is 0 Å². The second-order valence-electron chi connectivity index (χ2n) is 4.26. The van der Waals surface area contributed by atoms with Crippen LogP contribution < -0.4 is 10.6 Å². The number of carbonyl (C=O) groups is 1. The lowest BCUT2D eigenvalue weighted by Crippen LogP contribution is -2.42. The van der Waals surface area contributed by atoms with Crippen LogP contribution in [-0.4, -0.2) is 26.0 Å². The molecule has 4 heteroatoms. The molecule has 86 valence electrons. The van der Waals surface area contributed by atoms with Crippen molar-refractivity contribution in [1.29, 1.82) is 5.26 Å². The van der Waals surface area contributed by atoms with Gasteiger partial charge in [0, 0.05) is 20.0 Å². The smallest absolute Gasteiger partial charge is 0.226 e. The highest BCUT2D eigenvalue weighted by Gasteiger charge is 2.25. The normalized spacial score (nSPS) is 10.8. The zero-order chi connectivity index (χ0) is 11.7. The molecule has 15 heavy (non-hydrogen) atoms. The summed E-state index contributed by atoms with van der Waals surface area (Å²) in [6.07, 6.45) is 2.52. The van der Waals surface area contributed by atoms with Gasteiger partial charge in [-0.2, -0.15) is 5.26 Å². The van der Waals surface area contributed by atoms with E-state index in [1.807, 2.05) is 13.8 Å². The van der Waals surface area contributed by atoms with Crippen LogP contribution in [0.3, 0.4) is 0 Å². The lowest BCUT2D eigenvalue weighted by atomic mass is 9.92. The number of nitrogens with zero attached hydrogens (tertiary/aromatic N) is 1. The molecule has 4 nitrogen and oxygen atoms in total. The number of carbonyl (C=O) groups excluding carboxylic acids is 1. The summed E-state index contributed by atoms with van der Waals surface area (Å²) in [6, 6.07) is 2.11. The Morgan fingerprint density at radius 2 is 2.07 bits per heavy atom. The van der Waals surface area contributed by atoms with Gasteiger partial charge in [0.25, 0.3) is 0 Å². The Kier molecular flexibility index (Phi) is 6.72. The Bertz CT molecular complexity index is 230. The SMILES string of the molecule is CNC(=O)C(C)(C)CNCCCCC#N. The topological polar surface area (TPSA) is 64.9 Å². The van der Waals surface area contributed by atoms with Gasteiger partial charge in [0.15, 0.2) is 0 Å². The van der Waals surface area contributed by atoms with Crippen LogP contribution in [0.5, 0.6) is 0 Å². The van der Waals surface area contributed by atoms with Crippen LogP contribution in [0.4, 0.5) is 0 Å². The van der Waals surface area contributed by atoms with E-state index in [1.165, 1.54) is 0 Å². The molecule has 0 aromatic heterocycles. The summed E-state index contributed by atoms with van der Waals surface area (Å²) in [6.45, 7) is 5.35. The summed E-state index contributed by atoms with van der Waals surface area (Å²) in [7, 11) is 1.65. The second kappa shape index (κ2) is 7.24. The predicted octanol–water partition coefficient (Wildman–Crippen LogP) is 1.04. The highest BCUT2D eigenvalue weighted by molar-refractivity contribution is 5.81. The fourth-order valence-electron chi connectivity index (χ4n) is 1.27. The quantitative estimate of drug-likeness (QED) is 0.618. The maximum absolute atomic E-state index is 11.4.